The van der Waals surface area contributed by atoms with Crippen LogP contribution in [-0.4, -0.2) is 43.1 Å². The number of furan rings is 1. The number of hydrogen-bond acceptors (Lipinski definition) is 4. The summed E-state index contributed by atoms with van der Waals surface area (Å²) in [6, 6.07) is 12.9. The molecular weight excluding hydrogens is 481 g/mol. The third-order valence-corrected chi connectivity index (χ3v) is 7.11. The lowest BCUT2D eigenvalue weighted by molar-refractivity contribution is -0.137. The van der Waals surface area contributed by atoms with Crippen LogP contribution in [0.15, 0.2) is 52.9 Å². The number of carbonyl (C=O) groups is 1. The fourth-order valence-corrected chi connectivity index (χ4v) is 5.02. The number of ether oxygens (including phenoxy) is 1. The van der Waals surface area contributed by atoms with Crippen molar-refractivity contribution in [1.82, 2.24) is 4.90 Å². The SMILES string of the molecule is CCCC(CCC)N(C)C(=O)c1cc2cc(OC3CCN(c4ccc(C(F)(F)F)cc4)CC3)ccc2o1. The molecule has 5 nitrogen and oxygen atoms in total. The van der Waals surface area contributed by atoms with Crippen molar-refractivity contribution in [2.24, 2.45) is 0 Å². The zero-order valence-corrected chi connectivity index (χ0v) is 21.7. The molecule has 3 aromatic rings. The summed E-state index contributed by atoms with van der Waals surface area (Å²) in [6.07, 6.45) is 1.17. The van der Waals surface area contributed by atoms with Gasteiger partial charge in [-0.05, 0) is 61.4 Å². The molecule has 2 aromatic carbocycles. The van der Waals surface area contributed by atoms with E-state index in [9.17, 15) is 18.0 Å². The van der Waals surface area contributed by atoms with E-state index >= 15 is 0 Å². The Balaban J connectivity index is 1.36. The van der Waals surface area contributed by atoms with Crippen molar-refractivity contribution in [3.63, 3.8) is 0 Å². The van der Waals surface area contributed by atoms with Gasteiger partial charge in [0.2, 0.25) is 0 Å². The van der Waals surface area contributed by atoms with Crippen molar-refractivity contribution in [3.05, 3.63) is 59.9 Å². The molecule has 0 saturated carbocycles. The average Bonchev–Trinajstić information content (AvgIpc) is 3.31. The first-order valence-electron chi connectivity index (χ1n) is 13.1. The molecule has 0 spiro atoms. The van der Waals surface area contributed by atoms with E-state index in [0.29, 0.717) is 30.2 Å². The second kappa shape index (κ2) is 11.5. The average molecular weight is 517 g/mol. The van der Waals surface area contributed by atoms with E-state index in [1.807, 2.05) is 25.2 Å². The van der Waals surface area contributed by atoms with Crippen molar-refractivity contribution in [3.8, 4) is 5.75 Å². The minimum Gasteiger partial charge on any atom is -0.490 e. The summed E-state index contributed by atoms with van der Waals surface area (Å²) in [6.45, 7) is 5.65. The molecule has 1 aliphatic rings. The van der Waals surface area contributed by atoms with Crippen LogP contribution in [0.4, 0.5) is 18.9 Å². The number of piperidine rings is 1. The fourth-order valence-electron chi connectivity index (χ4n) is 5.02. The Kier molecular flexibility index (Phi) is 8.35. The highest BCUT2D eigenvalue weighted by Gasteiger charge is 2.30. The molecule has 0 N–H and O–H groups in total. The fraction of sp³-hybridized carbons (Fsp3) is 0.483. The van der Waals surface area contributed by atoms with Crippen LogP contribution in [0.2, 0.25) is 0 Å². The highest BCUT2D eigenvalue weighted by molar-refractivity contribution is 5.96. The van der Waals surface area contributed by atoms with E-state index in [0.717, 1.165) is 61.7 Å². The van der Waals surface area contributed by atoms with Gasteiger partial charge in [-0.2, -0.15) is 13.2 Å². The summed E-state index contributed by atoms with van der Waals surface area (Å²) in [5.41, 5.74) is 0.791. The van der Waals surface area contributed by atoms with Gasteiger partial charge in [0.15, 0.2) is 5.76 Å². The van der Waals surface area contributed by atoms with Crippen LogP contribution in [0.3, 0.4) is 0 Å². The molecule has 37 heavy (non-hydrogen) atoms. The molecule has 1 aromatic heterocycles. The first kappa shape index (κ1) is 26.9. The number of rotatable bonds is 9. The third kappa shape index (κ3) is 6.40. The van der Waals surface area contributed by atoms with Crippen molar-refractivity contribution in [2.45, 2.75) is 70.7 Å². The highest BCUT2D eigenvalue weighted by atomic mass is 19.4. The van der Waals surface area contributed by atoms with Crippen LogP contribution in [0.1, 0.15) is 68.5 Å². The number of amides is 1. The molecule has 2 heterocycles. The first-order chi connectivity index (χ1) is 17.7. The van der Waals surface area contributed by atoms with Gasteiger partial charge in [0.25, 0.3) is 5.91 Å². The Morgan fingerprint density at radius 3 is 2.30 bits per heavy atom. The van der Waals surface area contributed by atoms with E-state index in [4.69, 9.17) is 9.15 Å². The number of carbonyl (C=O) groups excluding carboxylic acids is 1. The monoisotopic (exact) mass is 516 g/mol. The maximum atomic E-state index is 13.1. The minimum atomic E-state index is -4.33. The second-order valence-electron chi connectivity index (χ2n) is 9.81. The third-order valence-electron chi connectivity index (χ3n) is 7.11. The predicted molar refractivity (Wildman–Crippen MR) is 139 cm³/mol. The molecule has 0 bridgehead atoms. The quantitative estimate of drug-likeness (QED) is 0.295. The van der Waals surface area contributed by atoms with Crippen molar-refractivity contribution in [1.29, 1.82) is 0 Å². The van der Waals surface area contributed by atoms with Crippen molar-refractivity contribution >= 4 is 22.6 Å². The molecule has 0 aliphatic carbocycles. The zero-order chi connectivity index (χ0) is 26.6. The Morgan fingerprint density at radius 2 is 1.70 bits per heavy atom. The van der Waals surface area contributed by atoms with E-state index in [1.54, 1.807) is 11.0 Å². The zero-order valence-electron chi connectivity index (χ0n) is 21.7. The predicted octanol–water partition coefficient (Wildman–Crippen LogP) is 7.54. The highest BCUT2D eigenvalue weighted by Crippen LogP contribution is 2.32. The van der Waals surface area contributed by atoms with Crippen molar-refractivity contribution < 1.29 is 27.1 Å². The van der Waals surface area contributed by atoms with Crippen LogP contribution in [0.25, 0.3) is 11.0 Å². The molecule has 8 heteroatoms. The topological polar surface area (TPSA) is 45.9 Å². The Hall–Kier alpha value is -3.16. The summed E-state index contributed by atoms with van der Waals surface area (Å²) in [5, 5.41) is 0.818. The van der Waals surface area contributed by atoms with Gasteiger partial charge < -0.3 is 19.0 Å². The summed E-state index contributed by atoms with van der Waals surface area (Å²) < 4.78 is 50.6. The number of alkyl halides is 3. The van der Waals surface area contributed by atoms with Gasteiger partial charge in [0.05, 0.1) is 5.56 Å². The molecule has 0 atom stereocenters. The standard InChI is InChI=1S/C29H35F3N2O3/c1-4-6-22(7-5-2)33(3)28(35)27-19-20-18-25(12-13-26(20)37-27)36-24-14-16-34(17-15-24)23-10-8-21(9-11-23)29(30,31)32/h8-13,18-19,22,24H,4-7,14-17H2,1-3H3. The maximum Gasteiger partial charge on any atom is 0.416 e. The van der Waals surface area contributed by atoms with Gasteiger partial charge >= 0.3 is 6.18 Å². The van der Waals surface area contributed by atoms with Crippen LogP contribution < -0.4 is 9.64 Å². The number of nitrogens with zero attached hydrogens (tertiary/aromatic N) is 2. The number of benzene rings is 2. The van der Waals surface area contributed by atoms with Gasteiger partial charge in [-0.15, -0.1) is 0 Å². The van der Waals surface area contributed by atoms with E-state index in [2.05, 4.69) is 18.7 Å². The molecule has 1 fully saturated rings. The first-order valence-corrected chi connectivity index (χ1v) is 13.1. The molecular formula is C29H35F3N2O3. The van der Waals surface area contributed by atoms with Gasteiger partial charge in [-0.3, -0.25) is 4.79 Å². The maximum absolute atomic E-state index is 13.1. The Bertz CT molecular complexity index is 1180. The smallest absolute Gasteiger partial charge is 0.416 e. The normalized spacial score (nSPS) is 14.9. The van der Waals surface area contributed by atoms with Gasteiger partial charge in [-0.25, -0.2) is 0 Å². The lowest BCUT2D eigenvalue weighted by atomic mass is 10.1. The summed E-state index contributed by atoms with van der Waals surface area (Å²) >= 11 is 0. The second-order valence-corrected chi connectivity index (χ2v) is 9.81. The van der Waals surface area contributed by atoms with Gasteiger partial charge in [-0.1, -0.05) is 26.7 Å². The summed E-state index contributed by atoms with van der Waals surface area (Å²) in [7, 11) is 1.84. The van der Waals surface area contributed by atoms with Crippen LogP contribution >= 0.6 is 0 Å². The summed E-state index contributed by atoms with van der Waals surface area (Å²) in [5.74, 6) is 0.932. The van der Waals surface area contributed by atoms with Crippen molar-refractivity contribution in [2.75, 3.05) is 25.0 Å². The molecule has 0 radical (unpaired) electrons. The van der Waals surface area contributed by atoms with E-state index in [-0.39, 0.29) is 18.1 Å². The van der Waals surface area contributed by atoms with Crippen LogP contribution in [0.5, 0.6) is 5.75 Å². The molecule has 0 unspecified atom stereocenters. The number of anilines is 1. The number of hydrogen-bond donors (Lipinski definition) is 0. The molecule has 200 valence electrons. The Morgan fingerprint density at radius 1 is 1.05 bits per heavy atom. The minimum absolute atomic E-state index is 0.00568. The van der Waals surface area contributed by atoms with E-state index < -0.39 is 11.7 Å². The summed E-state index contributed by atoms with van der Waals surface area (Å²) in [4.78, 5) is 16.9. The molecule has 1 amide bonds. The number of fused-ring (bicyclic) bond motifs is 1. The van der Waals surface area contributed by atoms with Crippen LogP contribution in [0, 0.1) is 0 Å². The lowest BCUT2D eigenvalue weighted by Gasteiger charge is -2.33. The lowest BCUT2D eigenvalue weighted by Crippen LogP contribution is -2.38. The Labute approximate surface area is 216 Å². The number of halogens is 3. The van der Waals surface area contributed by atoms with Gasteiger partial charge in [0, 0.05) is 50.1 Å². The molecule has 4 rings (SSSR count). The molecule has 1 aliphatic heterocycles. The van der Waals surface area contributed by atoms with E-state index in [1.165, 1.54) is 12.1 Å². The van der Waals surface area contributed by atoms with Crippen LogP contribution in [-0.2, 0) is 6.18 Å². The van der Waals surface area contributed by atoms with Gasteiger partial charge in [0.1, 0.15) is 17.4 Å². The largest absolute Gasteiger partial charge is 0.490 e. The molecule has 1 saturated heterocycles.